The maximum Gasteiger partial charge on any atom is 0.307 e. The summed E-state index contributed by atoms with van der Waals surface area (Å²) in [4.78, 5) is 15.7. The van der Waals surface area contributed by atoms with Gasteiger partial charge < -0.3 is 14.8 Å². The average molecular weight is 296 g/mol. The highest BCUT2D eigenvalue weighted by molar-refractivity contribution is 5.94. The molecule has 0 spiro atoms. The van der Waals surface area contributed by atoms with E-state index in [0.29, 0.717) is 12.1 Å². The minimum atomic E-state index is -0.874. The van der Waals surface area contributed by atoms with Gasteiger partial charge >= 0.3 is 5.97 Å². The van der Waals surface area contributed by atoms with Crippen molar-refractivity contribution >= 4 is 22.6 Å². The number of nitrogens with zero attached hydrogens (tertiary/aromatic N) is 1. The molecule has 0 fully saturated rings. The lowest BCUT2D eigenvalue weighted by atomic mass is 10.0. The molecule has 22 heavy (non-hydrogen) atoms. The van der Waals surface area contributed by atoms with Crippen molar-refractivity contribution in [1.82, 2.24) is 4.98 Å². The molecule has 0 aliphatic carbocycles. The lowest BCUT2D eigenvalue weighted by Crippen LogP contribution is -2.10. The second kappa shape index (κ2) is 5.89. The van der Waals surface area contributed by atoms with Gasteiger partial charge in [0.25, 0.3) is 0 Å². The molecule has 0 bridgehead atoms. The number of pyridine rings is 1. The largest absolute Gasteiger partial charge is 0.481 e. The smallest absolute Gasteiger partial charge is 0.307 e. The number of rotatable bonds is 5. The van der Waals surface area contributed by atoms with Gasteiger partial charge in [0, 0.05) is 22.3 Å². The number of nitrogens with one attached hydrogen (secondary N) is 1. The number of benzene rings is 1. The Bertz CT molecular complexity index is 810. The first-order chi connectivity index (χ1) is 10.6. The Kier molecular flexibility index (Phi) is 3.78. The van der Waals surface area contributed by atoms with Crippen molar-refractivity contribution in [3.8, 4) is 0 Å². The van der Waals surface area contributed by atoms with Crippen LogP contribution in [-0.4, -0.2) is 16.1 Å². The Labute approximate surface area is 127 Å². The number of carboxylic acid groups (broad SMARTS) is 1. The third kappa shape index (κ3) is 2.79. The number of aliphatic carboxylic acids is 1. The molecule has 0 amide bonds. The van der Waals surface area contributed by atoms with Gasteiger partial charge in [-0.15, -0.1) is 0 Å². The predicted octanol–water partition coefficient (Wildman–Crippen LogP) is 3.38. The number of anilines is 1. The van der Waals surface area contributed by atoms with Crippen molar-refractivity contribution in [1.29, 1.82) is 0 Å². The highest BCUT2D eigenvalue weighted by Gasteiger charge is 2.15. The van der Waals surface area contributed by atoms with Crippen molar-refractivity contribution < 1.29 is 14.3 Å². The third-order valence-electron chi connectivity index (χ3n) is 3.55. The molecule has 0 unspecified atom stereocenters. The fraction of sp³-hybridized carbons (Fsp3) is 0.176. The van der Waals surface area contributed by atoms with Gasteiger partial charge in [0.05, 0.1) is 24.7 Å². The molecular formula is C17H16N2O3. The number of aromatic nitrogens is 1. The van der Waals surface area contributed by atoms with Crippen LogP contribution in [0.4, 0.5) is 5.69 Å². The molecule has 3 aromatic rings. The Hall–Kier alpha value is -2.82. The van der Waals surface area contributed by atoms with Crippen LogP contribution in [0.5, 0.6) is 0 Å². The number of furan rings is 1. The van der Waals surface area contributed by atoms with Gasteiger partial charge in [-0.2, -0.15) is 0 Å². The quantitative estimate of drug-likeness (QED) is 0.755. The zero-order valence-corrected chi connectivity index (χ0v) is 12.2. The van der Waals surface area contributed by atoms with E-state index in [-0.39, 0.29) is 6.42 Å². The van der Waals surface area contributed by atoms with E-state index >= 15 is 0 Å². The highest BCUT2D eigenvalue weighted by atomic mass is 16.4. The van der Waals surface area contributed by atoms with Crippen LogP contribution in [0.2, 0.25) is 0 Å². The number of hydrogen-bond donors (Lipinski definition) is 2. The SMILES string of the molecule is Cc1nc2ccccc2c(NCc2ccco2)c1CC(=O)O. The normalized spacial score (nSPS) is 10.8. The first-order valence-electron chi connectivity index (χ1n) is 7.01. The summed E-state index contributed by atoms with van der Waals surface area (Å²) in [6, 6.07) is 11.4. The topological polar surface area (TPSA) is 75.4 Å². The molecule has 0 atom stereocenters. The van der Waals surface area contributed by atoms with Gasteiger partial charge in [-0.05, 0) is 25.1 Å². The zero-order valence-electron chi connectivity index (χ0n) is 12.2. The fourth-order valence-electron chi connectivity index (χ4n) is 2.53. The van der Waals surface area contributed by atoms with Crippen LogP contribution in [-0.2, 0) is 17.8 Å². The van der Waals surface area contributed by atoms with Crippen LogP contribution in [0.25, 0.3) is 10.9 Å². The van der Waals surface area contributed by atoms with Crippen molar-refractivity contribution in [3.63, 3.8) is 0 Å². The molecule has 2 heterocycles. The minimum Gasteiger partial charge on any atom is -0.481 e. The van der Waals surface area contributed by atoms with Crippen LogP contribution in [0.15, 0.2) is 47.1 Å². The number of fused-ring (bicyclic) bond motifs is 1. The van der Waals surface area contributed by atoms with Gasteiger partial charge in [-0.25, -0.2) is 0 Å². The molecule has 0 aliphatic heterocycles. The number of carboxylic acids is 1. The number of hydrogen-bond acceptors (Lipinski definition) is 4. The van der Waals surface area contributed by atoms with Gasteiger partial charge in [0.1, 0.15) is 5.76 Å². The van der Waals surface area contributed by atoms with Crippen LogP contribution in [0, 0.1) is 6.92 Å². The molecule has 0 radical (unpaired) electrons. The van der Waals surface area contributed by atoms with E-state index in [0.717, 1.165) is 28.0 Å². The summed E-state index contributed by atoms with van der Waals surface area (Å²) >= 11 is 0. The first-order valence-corrected chi connectivity index (χ1v) is 7.01. The highest BCUT2D eigenvalue weighted by Crippen LogP contribution is 2.29. The molecule has 2 aromatic heterocycles. The van der Waals surface area contributed by atoms with E-state index in [9.17, 15) is 4.79 Å². The van der Waals surface area contributed by atoms with E-state index in [2.05, 4.69) is 10.3 Å². The Balaban J connectivity index is 2.07. The van der Waals surface area contributed by atoms with Crippen molar-refractivity contribution in [2.24, 2.45) is 0 Å². The maximum absolute atomic E-state index is 11.2. The summed E-state index contributed by atoms with van der Waals surface area (Å²) in [5.41, 5.74) is 3.08. The monoisotopic (exact) mass is 296 g/mol. The van der Waals surface area contributed by atoms with Crippen molar-refractivity contribution in [3.05, 3.63) is 59.7 Å². The van der Waals surface area contributed by atoms with Crippen molar-refractivity contribution in [2.45, 2.75) is 19.9 Å². The second-order valence-electron chi connectivity index (χ2n) is 5.07. The summed E-state index contributed by atoms with van der Waals surface area (Å²) in [6.45, 7) is 2.33. The molecule has 5 nitrogen and oxygen atoms in total. The van der Waals surface area contributed by atoms with Crippen LogP contribution in [0.3, 0.4) is 0 Å². The maximum atomic E-state index is 11.2. The van der Waals surface area contributed by atoms with Gasteiger partial charge in [-0.1, -0.05) is 18.2 Å². The second-order valence-corrected chi connectivity index (χ2v) is 5.07. The lowest BCUT2D eigenvalue weighted by molar-refractivity contribution is -0.136. The fourth-order valence-corrected chi connectivity index (χ4v) is 2.53. The predicted molar refractivity (Wildman–Crippen MR) is 83.9 cm³/mol. The summed E-state index contributed by atoms with van der Waals surface area (Å²) in [6.07, 6.45) is 1.55. The Morgan fingerprint density at radius 3 is 2.82 bits per heavy atom. The van der Waals surface area contributed by atoms with E-state index in [1.165, 1.54) is 0 Å². The third-order valence-corrected chi connectivity index (χ3v) is 3.55. The molecule has 1 aromatic carbocycles. The molecule has 2 N–H and O–H groups in total. The van der Waals surface area contributed by atoms with E-state index in [4.69, 9.17) is 9.52 Å². The van der Waals surface area contributed by atoms with Gasteiger partial charge in [-0.3, -0.25) is 9.78 Å². The number of aryl methyl sites for hydroxylation is 1. The van der Waals surface area contributed by atoms with Crippen LogP contribution < -0.4 is 5.32 Å². The van der Waals surface area contributed by atoms with Crippen molar-refractivity contribution in [2.75, 3.05) is 5.32 Å². The lowest BCUT2D eigenvalue weighted by Gasteiger charge is -2.15. The summed E-state index contributed by atoms with van der Waals surface area (Å²) in [5.74, 6) is -0.0824. The number of carbonyl (C=O) groups is 1. The van der Waals surface area contributed by atoms with Crippen LogP contribution in [0.1, 0.15) is 17.0 Å². The van der Waals surface area contributed by atoms with Gasteiger partial charge in [0.2, 0.25) is 0 Å². The average Bonchev–Trinajstić information content (AvgIpc) is 3.00. The van der Waals surface area contributed by atoms with E-state index in [1.807, 2.05) is 43.3 Å². The van der Waals surface area contributed by atoms with Gasteiger partial charge in [0.15, 0.2) is 0 Å². The minimum absolute atomic E-state index is 0.0653. The molecule has 5 heteroatoms. The Morgan fingerprint density at radius 1 is 1.27 bits per heavy atom. The molecule has 0 saturated carbocycles. The summed E-state index contributed by atoms with van der Waals surface area (Å²) in [7, 11) is 0. The zero-order chi connectivity index (χ0) is 15.5. The van der Waals surface area contributed by atoms with E-state index in [1.54, 1.807) is 6.26 Å². The molecule has 0 aliphatic rings. The summed E-state index contributed by atoms with van der Waals surface area (Å²) < 4.78 is 5.32. The standard InChI is InChI=1S/C17H16N2O3/c1-11-14(9-16(20)21)17(18-10-12-5-4-8-22-12)13-6-2-3-7-15(13)19-11/h2-8H,9-10H2,1H3,(H,18,19)(H,20,21). The summed E-state index contributed by atoms with van der Waals surface area (Å²) in [5, 5.41) is 13.4. The molecule has 3 rings (SSSR count). The first kappa shape index (κ1) is 14.1. The van der Waals surface area contributed by atoms with Crippen LogP contribution >= 0.6 is 0 Å². The molecular weight excluding hydrogens is 280 g/mol. The molecule has 112 valence electrons. The Morgan fingerprint density at radius 2 is 2.09 bits per heavy atom. The van der Waals surface area contributed by atoms with E-state index < -0.39 is 5.97 Å². The number of para-hydroxylation sites is 1. The molecule has 0 saturated heterocycles.